The summed E-state index contributed by atoms with van der Waals surface area (Å²) in [5.74, 6) is -1.51. The number of halogens is 3. The Balaban J connectivity index is 1.55. The van der Waals surface area contributed by atoms with Crippen molar-refractivity contribution in [1.29, 1.82) is 0 Å². The first-order valence-electron chi connectivity index (χ1n) is 10.7. The van der Waals surface area contributed by atoms with E-state index in [4.69, 9.17) is 5.73 Å². The number of pyridine rings is 2. The highest BCUT2D eigenvalue weighted by Gasteiger charge is 2.52. The number of nitrogens with zero attached hydrogens (tertiary/aromatic N) is 6. The fourth-order valence-electron chi connectivity index (χ4n) is 3.99. The number of nitrogens with one attached hydrogen (secondary N) is 2. The zero-order valence-corrected chi connectivity index (χ0v) is 18.7. The van der Waals surface area contributed by atoms with Crippen molar-refractivity contribution in [2.45, 2.75) is 31.5 Å². The van der Waals surface area contributed by atoms with Crippen LogP contribution in [0.25, 0.3) is 22.6 Å². The average Bonchev–Trinajstić information content (AvgIpc) is 3.33. The number of hydrogen-bond donors (Lipinski definition) is 3. The molecule has 14 heteroatoms. The van der Waals surface area contributed by atoms with E-state index in [1.54, 1.807) is 24.3 Å². The lowest BCUT2D eigenvalue weighted by atomic mass is 9.83. The van der Waals surface area contributed by atoms with Gasteiger partial charge in [-0.15, -0.1) is 0 Å². The second-order valence-corrected chi connectivity index (χ2v) is 8.24. The molecule has 0 bridgehead atoms. The van der Waals surface area contributed by atoms with E-state index in [2.05, 4.69) is 35.7 Å². The van der Waals surface area contributed by atoms with E-state index in [0.717, 1.165) is 4.68 Å². The lowest BCUT2D eigenvalue weighted by Gasteiger charge is -2.21. The number of nitrogen functional groups attached to an aromatic ring is 1. The lowest BCUT2D eigenvalue weighted by Crippen LogP contribution is -2.43. The van der Waals surface area contributed by atoms with Crippen molar-refractivity contribution in [2.24, 2.45) is 0 Å². The normalized spacial score (nSPS) is 17.2. The molecule has 184 valence electrons. The molecule has 0 radical (unpaired) electrons. The monoisotopic (exact) mass is 497 g/mol. The highest BCUT2D eigenvalue weighted by Crippen LogP contribution is 2.42. The van der Waals surface area contributed by atoms with Gasteiger partial charge in [0.1, 0.15) is 17.3 Å². The molecule has 1 atom stereocenters. The molecule has 0 saturated carbocycles. The molecule has 0 spiro atoms. The third-order valence-corrected chi connectivity index (χ3v) is 5.82. The van der Waals surface area contributed by atoms with Crippen LogP contribution in [-0.2, 0) is 21.5 Å². The summed E-state index contributed by atoms with van der Waals surface area (Å²) in [6, 6.07) is 6.45. The van der Waals surface area contributed by atoms with Crippen LogP contribution in [0.1, 0.15) is 18.9 Å². The Bertz CT molecular complexity index is 1500. The number of hydrogen-bond acceptors (Lipinski definition) is 8. The Kier molecular flexibility index (Phi) is 5.30. The summed E-state index contributed by atoms with van der Waals surface area (Å²) in [6.07, 6.45) is -1.10. The maximum atomic E-state index is 13.1. The molecule has 0 aliphatic carbocycles. The van der Waals surface area contributed by atoms with E-state index < -0.39 is 36.4 Å². The van der Waals surface area contributed by atoms with Gasteiger partial charge in [0.25, 0.3) is 0 Å². The topological polar surface area (TPSA) is 154 Å². The Labute approximate surface area is 201 Å². The summed E-state index contributed by atoms with van der Waals surface area (Å²) < 4.78 is 39.5. The summed E-state index contributed by atoms with van der Waals surface area (Å²) >= 11 is 0. The number of aromatic nitrogens is 6. The second-order valence-electron chi connectivity index (χ2n) is 8.24. The van der Waals surface area contributed by atoms with Crippen LogP contribution in [0.5, 0.6) is 0 Å². The fourth-order valence-corrected chi connectivity index (χ4v) is 3.99. The molecule has 5 rings (SSSR count). The predicted octanol–water partition coefficient (Wildman–Crippen LogP) is 2.67. The molecule has 4 N–H and O–H groups in total. The molecule has 36 heavy (non-hydrogen) atoms. The van der Waals surface area contributed by atoms with Crippen LogP contribution < -0.4 is 16.4 Å². The van der Waals surface area contributed by atoms with Crippen LogP contribution in [0.2, 0.25) is 0 Å². The average molecular weight is 497 g/mol. The lowest BCUT2D eigenvalue weighted by molar-refractivity contribution is -0.137. The minimum atomic E-state index is -4.38. The molecule has 11 nitrogen and oxygen atoms in total. The molecule has 5 heterocycles. The Morgan fingerprint density at radius 3 is 2.72 bits per heavy atom. The van der Waals surface area contributed by atoms with Crippen LogP contribution in [0.15, 0.2) is 42.9 Å². The van der Waals surface area contributed by atoms with Gasteiger partial charge in [0, 0.05) is 12.4 Å². The summed E-state index contributed by atoms with van der Waals surface area (Å²) in [7, 11) is 0. The standard InChI is InChI=1S/C22H18F3N9O2/c1-21(19(35)29-11-4-2-7-27-10-11)13-15(26)30-17(31-16(13)32-20(21)36)14-12-5-3-8-28-18(12)34(33-14)9-6-22(23,24)25/h2-5,7-8,10H,6,9H2,1H3,(H,29,35)(H3,26,30,31,32,36). The molecular formula is C22H18F3N9O2. The SMILES string of the molecule is CC1(C(=O)Nc2cccnc2)C(=O)Nc2nc(-c3nn(CCC(F)(F)F)c4ncccc34)nc(N)c21. The van der Waals surface area contributed by atoms with Gasteiger partial charge in [0.2, 0.25) is 11.8 Å². The smallest absolute Gasteiger partial charge is 0.383 e. The van der Waals surface area contributed by atoms with Crippen molar-refractivity contribution in [3.63, 3.8) is 0 Å². The first-order chi connectivity index (χ1) is 17.1. The minimum Gasteiger partial charge on any atom is -0.383 e. The summed E-state index contributed by atoms with van der Waals surface area (Å²) in [5, 5.41) is 9.85. The summed E-state index contributed by atoms with van der Waals surface area (Å²) in [6.45, 7) is 0.936. The number of nitrogens with two attached hydrogens (primary N) is 1. The Morgan fingerprint density at radius 2 is 2.00 bits per heavy atom. The number of carbonyl (C=O) groups excluding carboxylic acids is 2. The zero-order chi connectivity index (χ0) is 25.7. The van der Waals surface area contributed by atoms with E-state index in [9.17, 15) is 22.8 Å². The van der Waals surface area contributed by atoms with Crippen LogP contribution >= 0.6 is 0 Å². The van der Waals surface area contributed by atoms with Crippen molar-refractivity contribution in [3.05, 3.63) is 48.4 Å². The fraction of sp³-hybridized carbons (Fsp3) is 0.227. The molecule has 1 unspecified atom stereocenters. The number of carbonyl (C=O) groups is 2. The van der Waals surface area contributed by atoms with Crippen molar-refractivity contribution in [2.75, 3.05) is 16.4 Å². The number of amides is 2. The van der Waals surface area contributed by atoms with Gasteiger partial charge in [-0.2, -0.15) is 18.3 Å². The van der Waals surface area contributed by atoms with Crippen LogP contribution in [0, 0.1) is 0 Å². The highest BCUT2D eigenvalue weighted by atomic mass is 19.4. The molecule has 0 aromatic carbocycles. The van der Waals surface area contributed by atoms with E-state index in [1.165, 1.54) is 25.5 Å². The number of alkyl halides is 3. The molecule has 2 amide bonds. The van der Waals surface area contributed by atoms with Crippen LogP contribution in [0.4, 0.5) is 30.5 Å². The van der Waals surface area contributed by atoms with Crippen molar-refractivity contribution in [1.82, 2.24) is 29.7 Å². The van der Waals surface area contributed by atoms with Crippen molar-refractivity contribution in [3.8, 4) is 11.5 Å². The summed E-state index contributed by atoms with van der Waals surface area (Å²) in [4.78, 5) is 42.7. The number of anilines is 3. The van der Waals surface area contributed by atoms with Gasteiger partial charge < -0.3 is 16.4 Å². The molecule has 4 aromatic heterocycles. The maximum absolute atomic E-state index is 13.1. The van der Waals surface area contributed by atoms with Gasteiger partial charge in [-0.3, -0.25) is 14.6 Å². The van der Waals surface area contributed by atoms with E-state index in [0.29, 0.717) is 11.1 Å². The third-order valence-electron chi connectivity index (χ3n) is 5.82. The second kappa shape index (κ2) is 8.25. The van der Waals surface area contributed by atoms with Crippen molar-refractivity contribution < 1.29 is 22.8 Å². The molecule has 4 aromatic rings. The Hall–Kier alpha value is -4.62. The number of fused-ring (bicyclic) bond motifs is 2. The van der Waals surface area contributed by atoms with Crippen LogP contribution in [-0.4, -0.2) is 47.7 Å². The van der Waals surface area contributed by atoms with E-state index in [1.807, 2.05) is 0 Å². The quantitative estimate of drug-likeness (QED) is 0.356. The Morgan fingerprint density at radius 1 is 1.22 bits per heavy atom. The van der Waals surface area contributed by atoms with Gasteiger partial charge >= 0.3 is 6.18 Å². The third kappa shape index (κ3) is 3.85. The van der Waals surface area contributed by atoms with Gasteiger partial charge in [0.15, 0.2) is 16.9 Å². The van der Waals surface area contributed by atoms with Gasteiger partial charge in [-0.1, -0.05) is 0 Å². The zero-order valence-electron chi connectivity index (χ0n) is 18.7. The highest BCUT2D eigenvalue weighted by molar-refractivity contribution is 6.23. The molecular weight excluding hydrogens is 479 g/mol. The summed E-state index contributed by atoms with van der Waals surface area (Å²) in [5.41, 5.74) is 5.27. The van der Waals surface area contributed by atoms with E-state index in [-0.39, 0.29) is 34.4 Å². The van der Waals surface area contributed by atoms with Gasteiger partial charge in [-0.05, 0) is 31.2 Å². The number of rotatable bonds is 5. The number of aryl methyl sites for hydroxylation is 1. The van der Waals surface area contributed by atoms with E-state index >= 15 is 0 Å². The first-order valence-corrected chi connectivity index (χ1v) is 10.7. The molecule has 0 saturated heterocycles. The van der Waals surface area contributed by atoms with Crippen molar-refractivity contribution >= 4 is 40.2 Å². The molecule has 1 aliphatic heterocycles. The first kappa shape index (κ1) is 23.1. The predicted molar refractivity (Wildman–Crippen MR) is 122 cm³/mol. The minimum absolute atomic E-state index is 0.00761. The largest absolute Gasteiger partial charge is 0.390 e. The van der Waals surface area contributed by atoms with Gasteiger partial charge in [-0.25, -0.2) is 19.6 Å². The maximum Gasteiger partial charge on any atom is 0.390 e. The van der Waals surface area contributed by atoms with Crippen LogP contribution in [0.3, 0.4) is 0 Å². The molecule has 1 aliphatic rings. The van der Waals surface area contributed by atoms with Gasteiger partial charge in [0.05, 0.1) is 35.8 Å². The molecule has 0 fully saturated rings.